The molecule has 0 atom stereocenters. The molecule has 0 spiro atoms. The van der Waals surface area contributed by atoms with Crippen molar-refractivity contribution in [3.63, 3.8) is 0 Å². The van der Waals surface area contributed by atoms with E-state index in [4.69, 9.17) is 17.5 Å². The third-order valence-corrected chi connectivity index (χ3v) is 0.667. The van der Waals surface area contributed by atoms with Gasteiger partial charge < -0.3 is 9.11 Å². The van der Waals surface area contributed by atoms with Crippen molar-refractivity contribution >= 4 is 10.4 Å². The van der Waals surface area contributed by atoms with Gasteiger partial charge in [-0.15, -0.1) is 0 Å². The molecule has 0 fully saturated rings. The minimum atomic E-state index is -5.17. The van der Waals surface area contributed by atoms with Crippen molar-refractivity contribution in [2.45, 2.75) is 0 Å². The predicted molar refractivity (Wildman–Crippen MR) is 36.9 cm³/mol. The van der Waals surface area contributed by atoms with Gasteiger partial charge in [-0.1, -0.05) is 36.4 Å². The van der Waals surface area contributed by atoms with Crippen LogP contribution in [0.15, 0.2) is 36.4 Å². The van der Waals surface area contributed by atoms with E-state index < -0.39 is 10.4 Å². The molecule has 0 heterocycles. The second-order valence-electron chi connectivity index (χ2n) is 1.56. The summed E-state index contributed by atoms with van der Waals surface area (Å²) in [7, 11) is -5.17. The van der Waals surface area contributed by atoms with Gasteiger partial charge >= 0.3 is 19.5 Å². The van der Waals surface area contributed by atoms with Crippen LogP contribution in [-0.4, -0.2) is 17.5 Å². The Hall–Kier alpha value is -0.287. The van der Waals surface area contributed by atoms with E-state index in [2.05, 4.69) is 0 Å². The van der Waals surface area contributed by atoms with E-state index in [1.54, 1.807) is 0 Å². The average Bonchev–Trinajstić information content (AvgIpc) is 1.88. The van der Waals surface area contributed by atoms with Crippen LogP contribution in [0.1, 0.15) is 0 Å². The second kappa shape index (κ2) is 7.37. The van der Waals surface area contributed by atoms with Gasteiger partial charge in [-0.2, -0.15) is 0 Å². The fourth-order valence-electron chi connectivity index (χ4n) is 0.385. The predicted octanol–water partition coefficient (Wildman–Crippen LogP) is 0.346. The van der Waals surface area contributed by atoms with Gasteiger partial charge in [-0.25, -0.2) is 0 Å². The molecule has 62 valence electrons. The van der Waals surface area contributed by atoms with Crippen LogP contribution in [0.5, 0.6) is 0 Å². The van der Waals surface area contributed by atoms with Crippen LogP contribution in [0.2, 0.25) is 0 Å². The molecule has 0 unspecified atom stereocenters. The zero-order valence-corrected chi connectivity index (χ0v) is 10.00. The Morgan fingerprint density at radius 1 is 0.750 bits per heavy atom. The molecule has 0 aliphatic rings. The first-order chi connectivity index (χ1) is 5.00. The van der Waals surface area contributed by atoms with Gasteiger partial charge in [-0.3, -0.25) is 8.42 Å². The fraction of sp³-hybridized carbons (Fsp3) is 0. The molecule has 6 heteroatoms. The summed E-state index contributed by atoms with van der Waals surface area (Å²) in [5.41, 5.74) is 0. The van der Waals surface area contributed by atoms with Gasteiger partial charge in [0.1, 0.15) is 0 Å². The summed E-state index contributed by atoms with van der Waals surface area (Å²) in [5.74, 6) is 0. The molecule has 4 nitrogen and oxygen atoms in total. The van der Waals surface area contributed by atoms with Gasteiger partial charge in [-0.05, 0) is 0 Å². The normalized spacial score (nSPS) is 8.83. The average molecular weight is 240 g/mol. The van der Waals surface area contributed by atoms with Crippen LogP contribution in [-0.2, 0) is 29.9 Å². The molecule has 0 amide bonds. The van der Waals surface area contributed by atoms with Crippen LogP contribution < -0.4 is 0 Å². The first-order valence-corrected chi connectivity index (χ1v) is 4.00. The Bertz CT molecular complexity index is 236. The van der Waals surface area contributed by atoms with Crippen molar-refractivity contribution in [1.29, 1.82) is 0 Å². The summed E-state index contributed by atoms with van der Waals surface area (Å²) >= 11 is 0. The van der Waals surface area contributed by atoms with Crippen molar-refractivity contribution in [2.24, 2.45) is 0 Å². The summed E-state index contributed by atoms with van der Waals surface area (Å²) in [6, 6.07) is 12.0. The minimum absolute atomic E-state index is 0. The Labute approximate surface area is 84.0 Å². The van der Waals surface area contributed by atoms with Gasteiger partial charge in [0.25, 0.3) is 0 Å². The SMILES string of the molecule is O=S(=O)([O-])[O-].[Zn+2].c1ccccc1. The molecule has 1 aromatic rings. The van der Waals surface area contributed by atoms with Crippen LogP contribution in [0, 0.1) is 0 Å². The molecule has 1 aromatic carbocycles. The fourth-order valence-corrected chi connectivity index (χ4v) is 0.385. The minimum Gasteiger partial charge on any atom is -0.759 e. The molecular formula is C6H6O4SZn. The summed E-state index contributed by atoms with van der Waals surface area (Å²) in [6.45, 7) is 0. The van der Waals surface area contributed by atoms with E-state index in [-0.39, 0.29) is 19.5 Å². The molecule has 0 saturated carbocycles. The third kappa shape index (κ3) is 22.6. The summed E-state index contributed by atoms with van der Waals surface area (Å²) < 4.78 is 34.1. The van der Waals surface area contributed by atoms with Gasteiger partial charge in [0.15, 0.2) is 0 Å². The molecule has 12 heavy (non-hydrogen) atoms. The number of rotatable bonds is 0. The van der Waals surface area contributed by atoms with E-state index in [0.717, 1.165) is 0 Å². The van der Waals surface area contributed by atoms with E-state index >= 15 is 0 Å². The Morgan fingerprint density at radius 2 is 0.833 bits per heavy atom. The smallest absolute Gasteiger partial charge is 0.759 e. The van der Waals surface area contributed by atoms with E-state index in [0.29, 0.717) is 0 Å². The molecular weight excluding hydrogens is 234 g/mol. The van der Waals surface area contributed by atoms with Crippen LogP contribution in [0.3, 0.4) is 0 Å². The first-order valence-electron chi connectivity index (χ1n) is 2.67. The van der Waals surface area contributed by atoms with Crippen LogP contribution >= 0.6 is 0 Å². The van der Waals surface area contributed by atoms with Gasteiger partial charge in [0.05, 0.1) is 0 Å². The molecule has 0 bridgehead atoms. The van der Waals surface area contributed by atoms with Crippen molar-refractivity contribution < 1.29 is 37.0 Å². The second-order valence-corrected chi connectivity index (χ2v) is 2.38. The summed E-state index contributed by atoms with van der Waals surface area (Å²) in [6.07, 6.45) is 0. The quantitative estimate of drug-likeness (QED) is 0.372. The molecule has 0 aliphatic carbocycles. The maximum atomic E-state index is 8.52. The largest absolute Gasteiger partial charge is 2.00 e. The number of hydrogen-bond donors (Lipinski definition) is 0. The Morgan fingerprint density at radius 3 is 0.917 bits per heavy atom. The van der Waals surface area contributed by atoms with Gasteiger partial charge in [0.2, 0.25) is 0 Å². The van der Waals surface area contributed by atoms with Gasteiger partial charge in [0, 0.05) is 10.4 Å². The Kier molecular flexibility index (Phi) is 8.75. The zero-order valence-electron chi connectivity index (χ0n) is 6.21. The monoisotopic (exact) mass is 238 g/mol. The maximum Gasteiger partial charge on any atom is 2.00 e. The van der Waals surface area contributed by atoms with E-state index in [9.17, 15) is 0 Å². The topological polar surface area (TPSA) is 80.3 Å². The van der Waals surface area contributed by atoms with Crippen molar-refractivity contribution in [1.82, 2.24) is 0 Å². The molecule has 0 aliphatic heterocycles. The third-order valence-electron chi connectivity index (χ3n) is 0.667. The van der Waals surface area contributed by atoms with Crippen molar-refractivity contribution in [3.8, 4) is 0 Å². The van der Waals surface area contributed by atoms with E-state index in [1.165, 1.54) is 0 Å². The van der Waals surface area contributed by atoms with Crippen LogP contribution in [0.25, 0.3) is 0 Å². The standard InChI is InChI=1S/C6H6.H2O4S.Zn/c1-2-4-6-5-3-1;1-5(2,3)4;/h1-6H;(H2,1,2,3,4);/q;;+2/p-2. The molecule has 0 radical (unpaired) electrons. The molecule has 0 aromatic heterocycles. The summed E-state index contributed by atoms with van der Waals surface area (Å²) in [5, 5.41) is 0. The van der Waals surface area contributed by atoms with Crippen LogP contribution in [0.4, 0.5) is 0 Å². The number of benzene rings is 1. The van der Waals surface area contributed by atoms with Crippen molar-refractivity contribution in [3.05, 3.63) is 36.4 Å². The van der Waals surface area contributed by atoms with Crippen molar-refractivity contribution in [2.75, 3.05) is 0 Å². The number of hydrogen-bond acceptors (Lipinski definition) is 4. The Balaban J connectivity index is 0. The molecule has 0 N–H and O–H groups in total. The first kappa shape index (κ1) is 14.2. The zero-order chi connectivity index (χ0) is 8.74. The van der Waals surface area contributed by atoms with E-state index in [1.807, 2.05) is 36.4 Å². The molecule has 1 rings (SSSR count). The maximum absolute atomic E-state index is 8.52. The summed E-state index contributed by atoms with van der Waals surface area (Å²) in [4.78, 5) is 0. The molecule has 0 saturated heterocycles.